The molecule has 0 saturated carbocycles. The molecule has 0 amide bonds. The van der Waals surface area contributed by atoms with Gasteiger partial charge in [0.1, 0.15) is 6.04 Å². The number of rotatable bonds is 6. The molecule has 1 atom stereocenters. The summed E-state index contributed by atoms with van der Waals surface area (Å²) in [6.07, 6.45) is 0.859. The highest BCUT2D eigenvalue weighted by atomic mass is 35.5. The SMILES string of the molecule is COC(=O)[C@H](N)CCCN=C(N)N[N+](=O)[O-].Cl. The van der Waals surface area contributed by atoms with Crippen molar-refractivity contribution in [3.05, 3.63) is 10.1 Å². The van der Waals surface area contributed by atoms with Crippen LogP contribution in [0.1, 0.15) is 12.8 Å². The lowest BCUT2D eigenvalue weighted by atomic mass is 10.2. The minimum atomic E-state index is -0.807. The van der Waals surface area contributed by atoms with Gasteiger partial charge in [-0.2, -0.15) is 0 Å². The van der Waals surface area contributed by atoms with E-state index in [-0.39, 0.29) is 24.9 Å². The first-order valence-electron chi connectivity index (χ1n) is 4.51. The van der Waals surface area contributed by atoms with Crippen LogP contribution in [0.2, 0.25) is 0 Å². The highest BCUT2D eigenvalue weighted by Gasteiger charge is 2.12. The van der Waals surface area contributed by atoms with Crippen LogP contribution in [-0.2, 0) is 9.53 Å². The number of nitrogens with zero attached hydrogens (tertiary/aromatic N) is 2. The highest BCUT2D eigenvalue weighted by molar-refractivity contribution is 5.85. The van der Waals surface area contributed by atoms with Gasteiger partial charge in [0.25, 0.3) is 5.96 Å². The first-order valence-corrected chi connectivity index (χ1v) is 4.51. The third-order valence-electron chi connectivity index (χ3n) is 1.67. The molecule has 0 spiro atoms. The maximum Gasteiger partial charge on any atom is 0.322 e. The molecule has 0 aromatic heterocycles. The first kappa shape index (κ1) is 17.8. The molecule has 0 aliphatic heterocycles. The molecule has 0 bridgehead atoms. The topological polar surface area (TPSA) is 146 Å². The molecule has 17 heavy (non-hydrogen) atoms. The normalized spacial score (nSPS) is 12.2. The summed E-state index contributed by atoms with van der Waals surface area (Å²) < 4.78 is 4.42. The van der Waals surface area contributed by atoms with E-state index in [0.29, 0.717) is 12.8 Å². The van der Waals surface area contributed by atoms with E-state index in [0.717, 1.165) is 0 Å². The van der Waals surface area contributed by atoms with E-state index in [1.165, 1.54) is 7.11 Å². The number of ether oxygens (including phenoxy) is 1. The van der Waals surface area contributed by atoms with E-state index in [1.54, 1.807) is 5.43 Å². The maximum atomic E-state index is 10.9. The molecule has 0 aliphatic carbocycles. The van der Waals surface area contributed by atoms with Crippen LogP contribution in [-0.4, -0.2) is 36.7 Å². The van der Waals surface area contributed by atoms with Gasteiger partial charge in [-0.3, -0.25) is 4.79 Å². The summed E-state index contributed by atoms with van der Waals surface area (Å²) in [7, 11) is 1.25. The summed E-state index contributed by atoms with van der Waals surface area (Å²) in [5, 5.41) is 9.12. The monoisotopic (exact) mass is 269 g/mol. The maximum absolute atomic E-state index is 10.9. The van der Waals surface area contributed by atoms with Crippen molar-refractivity contribution in [3.63, 3.8) is 0 Å². The number of carbonyl (C=O) groups is 1. The molecule has 0 aromatic rings. The number of guanidine groups is 1. The fourth-order valence-corrected chi connectivity index (χ4v) is 0.909. The quantitative estimate of drug-likeness (QED) is 0.137. The van der Waals surface area contributed by atoms with Gasteiger partial charge in [0.15, 0.2) is 5.03 Å². The van der Waals surface area contributed by atoms with Gasteiger partial charge in [0.2, 0.25) is 0 Å². The summed E-state index contributed by atoms with van der Waals surface area (Å²) in [5.41, 5.74) is 12.3. The average molecular weight is 270 g/mol. The second-order valence-corrected chi connectivity index (χ2v) is 2.91. The Balaban J connectivity index is 0. The number of nitro groups is 1. The molecular formula is C7H16ClN5O4. The van der Waals surface area contributed by atoms with Crippen LogP contribution in [0.25, 0.3) is 0 Å². The summed E-state index contributed by atoms with van der Waals surface area (Å²) in [4.78, 5) is 24.5. The van der Waals surface area contributed by atoms with E-state index >= 15 is 0 Å². The summed E-state index contributed by atoms with van der Waals surface area (Å²) in [6.45, 7) is 0.247. The van der Waals surface area contributed by atoms with Gasteiger partial charge in [-0.15, -0.1) is 12.4 Å². The Labute approximate surface area is 104 Å². The average Bonchev–Trinajstić information content (AvgIpc) is 2.21. The molecule has 0 aliphatic rings. The predicted octanol–water partition coefficient (Wildman–Crippen LogP) is -1.22. The molecule has 10 heteroatoms. The minimum absolute atomic E-state index is 0. The Hall–Kier alpha value is -1.61. The first-order chi connectivity index (χ1) is 7.47. The van der Waals surface area contributed by atoms with Crippen LogP contribution in [0.3, 0.4) is 0 Å². The number of hydrogen-bond acceptors (Lipinski definition) is 6. The highest BCUT2D eigenvalue weighted by Crippen LogP contribution is 1.96. The molecule has 0 rings (SSSR count). The van der Waals surface area contributed by atoms with Crippen LogP contribution in [0.15, 0.2) is 4.99 Å². The lowest BCUT2D eigenvalue weighted by Crippen LogP contribution is -2.36. The van der Waals surface area contributed by atoms with Crippen LogP contribution in [0.5, 0.6) is 0 Å². The van der Waals surface area contributed by atoms with Crippen molar-refractivity contribution >= 4 is 24.3 Å². The number of hydrazine groups is 1. The number of nitrogens with one attached hydrogen (secondary N) is 1. The predicted molar refractivity (Wildman–Crippen MR) is 63.1 cm³/mol. The second-order valence-electron chi connectivity index (χ2n) is 2.91. The van der Waals surface area contributed by atoms with Crippen LogP contribution >= 0.6 is 12.4 Å². The number of halogens is 1. The summed E-state index contributed by atoms with van der Waals surface area (Å²) >= 11 is 0. The van der Waals surface area contributed by atoms with Crippen molar-refractivity contribution in [2.75, 3.05) is 13.7 Å². The molecule has 100 valence electrons. The van der Waals surface area contributed by atoms with Crippen molar-refractivity contribution in [2.45, 2.75) is 18.9 Å². The Kier molecular flexibility index (Phi) is 10.0. The van der Waals surface area contributed by atoms with Gasteiger partial charge in [-0.25, -0.2) is 15.1 Å². The number of nitrogens with two attached hydrogens (primary N) is 2. The van der Waals surface area contributed by atoms with E-state index in [1.807, 2.05) is 0 Å². The third kappa shape index (κ3) is 9.33. The van der Waals surface area contributed by atoms with E-state index < -0.39 is 17.0 Å². The molecule has 0 radical (unpaired) electrons. The largest absolute Gasteiger partial charge is 0.468 e. The summed E-state index contributed by atoms with van der Waals surface area (Å²) in [6, 6.07) is -0.704. The number of methoxy groups -OCH3 is 1. The standard InChI is InChI=1S/C7H15N5O4.ClH/c1-16-6(13)5(8)3-2-4-10-7(9)11-12(14)15;/h5H,2-4,8H2,1H3,(H3,9,10,11);1H/t5-;/m1./s1. The van der Waals surface area contributed by atoms with Gasteiger partial charge in [-0.05, 0) is 12.8 Å². The minimum Gasteiger partial charge on any atom is -0.468 e. The smallest absolute Gasteiger partial charge is 0.322 e. The van der Waals surface area contributed by atoms with Crippen molar-refractivity contribution in [1.29, 1.82) is 0 Å². The molecule has 0 saturated heterocycles. The molecule has 5 N–H and O–H groups in total. The van der Waals surface area contributed by atoms with Gasteiger partial charge < -0.3 is 16.2 Å². The van der Waals surface area contributed by atoms with Crippen molar-refractivity contribution < 1.29 is 14.6 Å². The zero-order valence-electron chi connectivity index (χ0n) is 9.29. The fourth-order valence-electron chi connectivity index (χ4n) is 0.909. The van der Waals surface area contributed by atoms with E-state index in [9.17, 15) is 14.9 Å². The number of esters is 1. The zero-order chi connectivity index (χ0) is 12.6. The zero-order valence-corrected chi connectivity index (χ0v) is 10.1. The molecule has 9 nitrogen and oxygen atoms in total. The van der Waals surface area contributed by atoms with Crippen molar-refractivity contribution in [1.82, 2.24) is 5.43 Å². The van der Waals surface area contributed by atoms with Crippen molar-refractivity contribution in [2.24, 2.45) is 16.5 Å². The number of hydrogen-bond donors (Lipinski definition) is 3. The van der Waals surface area contributed by atoms with Gasteiger partial charge >= 0.3 is 5.97 Å². The lowest BCUT2D eigenvalue weighted by Gasteiger charge is -2.07. The molecule has 0 fully saturated rings. The third-order valence-corrected chi connectivity index (χ3v) is 1.67. The fraction of sp³-hybridized carbons (Fsp3) is 0.714. The Morgan fingerprint density at radius 3 is 2.71 bits per heavy atom. The molecular weight excluding hydrogens is 254 g/mol. The molecule has 0 heterocycles. The van der Waals surface area contributed by atoms with Crippen LogP contribution in [0.4, 0.5) is 0 Å². The van der Waals surface area contributed by atoms with E-state index in [2.05, 4.69) is 9.73 Å². The Bertz CT molecular complexity index is 285. The summed E-state index contributed by atoms with van der Waals surface area (Å²) in [5.74, 6) is -0.781. The van der Waals surface area contributed by atoms with Crippen LogP contribution < -0.4 is 16.9 Å². The van der Waals surface area contributed by atoms with Gasteiger partial charge in [0.05, 0.1) is 7.11 Å². The number of carbonyl (C=O) groups excluding carboxylic acids is 1. The second kappa shape index (κ2) is 9.60. The Morgan fingerprint density at radius 2 is 2.24 bits per heavy atom. The Morgan fingerprint density at radius 1 is 1.65 bits per heavy atom. The van der Waals surface area contributed by atoms with E-state index in [4.69, 9.17) is 11.5 Å². The van der Waals surface area contributed by atoms with Crippen molar-refractivity contribution in [3.8, 4) is 0 Å². The van der Waals surface area contributed by atoms with Crippen LogP contribution in [0, 0.1) is 10.1 Å². The van der Waals surface area contributed by atoms with Gasteiger partial charge in [0, 0.05) is 6.54 Å². The molecule has 0 unspecified atom stereocenters. The van der Waals surface area contributed by atoms with Gasteiger partial charge in [-0.1, -0.05) is 5.43 Å². The molecule has 0 aromatic carbocycles. The lowest BCUT2D eigenvalue weighted by molar-refractivity contribution is -0.525. The number of aliphatic imine (C=N–C) groups is 1.